The van der Waals surface area contributed by atoms with Crippen LogP contribution in [0.25, 0.3) is 0 Å². The molecule has 0 spiro atoms. The zero-order chi connectivity index (χ0) is 14.9. The standard InChI is InChI=1S/C17H16FNO2/c18-17-13-16(9-8-14(17)5-4-10-19)21-12-11-20-15-6-2-1-3-7-15/h1-3,6-9,13H,10-12,19H2. The first kappa shape index (κ1) is 14.9. The lowest BCUT2D eigenvalue weighted by Crippen LogP contribution is -2.09. The van der Waals surface area contributed by atoms with Crippen LogP contribution in [0.3, 0.4) is 0 Å². The number of halogens is 1. The highest BCUT2D eigenvalue weighted by Gasteiger charge is 2.02. The monoisotopic (exact) mass is 285 g/mol. The topological polar surface area (TPSA) is 44.5 Å². The van der Waals surface area contributed by atoms with Gasteiger partial charge in [-0.05, 0) is 24.3 Å². The molecule has 0 atom stereocenters. The summed E-state index contributed by atoms with van der Waals surface area (Å²) in [6.07, 6.45) is 0. The van der Waals surface area contributed by atoms with Crippen molar-refractivity contribution in [1.29, 1.82) is 0 Å². The van der Waals surface area contributed by atoms with Gasteiger partial charge in [-0.1, -0.05) is 30.0 Å². The summed E-state index contributed by atoms with van der Waals surface area (Å²) in [4.78, 5) is 0. The summed E-state index contributed by atoms with van der Waals surface area (Å²) in [5.41, 5.74) is 5.56. The molecule has 0 aromatic heterocycles. The fourth-order valence-electron chi connectivity index (χ4n) is 1.67. The number of benzene rings is 2. The molecule has 0 heterocycles. The summed E-state index contributed by atoms with van der Waals surface area (Å²) in [6, 6.07) is 14.0. The van der Waals surface area contributed by atoms with Crippen molar-refractivity contribution in [2.75, 3.05) is 19.8 Å². The number of para-hydroxylation sites is 1. The summed E-state index contributed by atoms with van der Waals surface area (Å²) in [5.74, 6) is 6.08. The Morgan fingerprint density at radius 3 is 2.33 bits per heavy atom. The van der Waals surface area contributed by atoms with Gasteiger partial charge in [-0.3, -0.25) is 0 Å². The van der Waals surface area contributed by atoms with Gasteiger partial charge in [0.1, 0.15) is 30.5 Å². The van der Waals surface area contributed by atoms with Crippen LogP contribution in [0.15, 0.2) is 48.5 Å². The van der Waals surface area contributed by atoms with Crippen molar-refractivity contribution in [2.45, 2.75) is 0 Å². The van der Waals surface area contributed by atoms with Crippen LogP contribution in [0, 0.1) is 17.7 Å². The fourth-order valence-corrected chi connectivity index (χ4v) is 1.67. The number of ether oxygens (including phenoxy) is 2. The van der Waals surface area contributed by atoms with E-state index in [1.165, 1.54) is 6.07 Å². The van der Waals surface area contributed by atoms with E-state index in [9.17, 15) is 4.39 Å². The highest BCUT2D eigenvalue weighted by molar-refractivity contribution is 5.39. The van der Waals surface area contributed by atoms with Crippen molar-refractivity contribution >= 4 is 0 Å². The van der Waals surface area contributed by atoms with Gasteiger partial charge in [-0.2, -0.15) is 0 Å². The van der Waals surface area contributed by atoms with Crippen LogP contribution in [0.2, 0.25) is 0 Å². The van der Waals surface area contributed by atoms with Crippen molar-refractivity contribution < 1.29 is 13.9 Å². The smallest absolute Gasteiger partial charge is 0.142 e. The molecule has 0 bridgehead atoms. The highest BCUT2D eigenvalue weighted by atomic mass is 19.1. The maximum absolute atomic E-state index is 13.7. The van der Waals surface area contributed by atoms with Crippen LogP contribution < -0.4 is 15.2 Å². The van der Waals surface area contributed by atoms with Crippen LogP contribution in [-0.2, 0) is 0 Å². The molecular weight excluding hydrogens is 269 g/mol. The molecule has 4 heteroatoms. The lowest BCUT2D eigenvalue weighted by Gasteiger charge is -2.08. The molecule has 108 valence electrons. The van der Waals surface area contributed by atoms with Crippen LogP contribution in [0.5, 0.6) is 11.5 Å². The first-order valence-corrected chi connectivity index (χ1v) is 6.59. The van der Waals surface area contributed by atoms with E-state index in [0.29, 0.717) is 24.5 Å². The largest absolute Gasteiger partial charge is 0.490 e. The predicted octanol–water partition coefficient (Wildman–Crippen LogP) is 2.59. The Morgan fingerprint density at radius 1 is 0.952 bits per heavy atom. The number of rotatable bonds is 5. The second-order valence-corrected chi connectivity index (χ2v) is 4.16. The van der Waals surface area contributed by atoms with Gasteiger partial charge >= 0.3 is 0 Å². The van der Waals surface area contributed by atoms with E-state index in [1.54, 1.807) is 12.1 Å². The van der Waals surface area contributed by atoms with E-state index in [1.807, 2.05) is 30.3 Å². The van der Waals surface area contributed by atoms with Crippen molar-refractivity contribution in [3.8, 4) is 23.3 Å². The second kappa shape index (κ2) is 7.93. The van der Waals surface area contributed by atoms with Crippen LogP contribution in [0.1, 0.15) is 5.56 Å². The van der Waals surface area contributed by atoms with Gasteiger partial charge in [-0.15, -0.1) is 0 Å². The van der Waals surface area contributed by atoms with E-state index in [4.69, 9.17) is 15.2 Å². The molecule has 2 rings (SSSR count). The summed E-state index contributed by atoms with van der Waals surface area (Å²) < 4.78 is 24.6. The minimum Gasteiger partial charge on any atom is -0.490 e. The van der Waals surface area contributed by atoms with Gasteiger partial charge in [0.2, 0.25) is 0 Å². The van der Waals surface area contributed by atoms with Gasteiger partial charge < -0.3 is 15.2 Å². The average Bonchev–Trinajstić information content (AvgIpc) is 2.52. The van der Waals surface area contributed by atoms with Gasteiger partial charge in [0.15, 0.2) is 0 Å². The van der Waals surface area contributed by atoms with Crippen molar-refractivity contribution in [3.63, 3.8) is 0 Å². The number of hydrogen-bond donors (Lipinski definition) is 1. The maximum Gasteiger partial charge on any atom is 0.142 e. The molecule has 2 N–H and O–H groups in total. The molecule has 0 aliphatic heterocycles. The van der Waals surface area contributed by atoms with Gasteiger partial charge in [-0.25, -0.2) is 4.39 Å². The SMILES string of the molecule is NCC#Cc1ccc(OCCOc2ccccc2)cc1F. The summed E-state index contributed by atoms with van der Waals surface area (Å²) in [5, 5.41) is 0. The second-order valence-electron chi connectivity index (χ2n) is 4.16. The average molecular weight is 285 g/mol. The molecule has 3 nitrogen and oxygen atoms in total. The Morgan fingerprint density at radius 2 is 1.67 bits per heavy atom. The molecule has 21 heavy (non-hydrogen) atoms. The molecule has 2 aromatic rings. The zero-order valence-corrected chi connectivity index (χ0v) is 11.5. The van der Waals surface area contributed by atoms with E-state index in [0.717, 1.165) is 5.75 Å². The Balaban J connectivity index is 1.82. The number of nitrogens with two attached hydrogens (primary N) is 1. The number of hydrogen-bond acceptors (Lipinski definition) is 3. The first-order chi connectivity index (χ1) is 10.3. The zero-order valence-electron chi connectivity index (χ0n) is 11.5. The third-order valence-corrected chi connectivity index (χ3v) is 2.63. The molecule has 0 unspecified atom stereocenters. The minimum atomic E-state index is -0.419. The molecule has 0 aliphatic rings. The Bertz CT molecular complexity index is 632. The van der Waals surface area contributed by atoms with Crippen LogP contribution >= 0.6 is 0 Å². The fraction of sp³-hybridized carbons (Fsp3) is 0.176. The van der Waals surface area contributed by atoms with Crippen molar-refractivity contribution in [2.24, 2.45) is 5.73 Å². The quantitative estimate of drug-likeness (QED) is 0.678. The van der Waals surface area contributed by atoms with E-state index < -0.39 is 5.82 Å². The molecule has 0 saturated heterocycles. The minimum absolute atomic E-state index is 0.203. The van der Waals surface area contributed by atoms with Crippen molar-refractivity contribution in [1.82, 2.24) is 0 Å². The first-order valence-electron chi connectivity index (χ1n) is 6.59. The third-order valence-electron chi connectivity index (χ3n) is 2.63. The molecule has 0 radical (unpaired) electrons. The molecule has 2 aromatic carbocycles. The van der Waals surface area contributed by atoms with Gasteiger partial charge in [0, 0.05) is 6.07 Å². The summed E-state index contributed by atoms with van der Waals surface area (Å²) in [7, 11) is 0. The maximum atomic E-state index is 13.7. The molecule has 0 amide bonds. The van der Waals surface area contributed by atoms with Crippen molar-refractivity contribution in [3.05, 3.63) is 59.9 Å². The lowest BCUT2D eigenvalue weighted by molar-refractivity contribution is 0.216. The highest BCUT2D eigenvalue weighted by Crippen LogP contribution is 2.16. The van der Waals surface area contributed by atoms with Gasteiger partial charge in [0.25, 0.3) is 0 Å². The summed E-state index contributed by atoms with van der Waals surface area (Å²) >= 11 is 0. The third kappa shape index (κ3) is 4.83. The van der Waals surface area contributed by atoms with Crippen LogP contribution in [-0.4, -0.2) is 19.8 Å². The van der Waals surface area contributed by atoms with E-state index in [-0.39, 0.29) is 6.54 Å². The van der Waals surface area contributed by atoms with E-state index >= 15 is 0 Å². The molecule has 0 aliphatic carbocycles. The summed E-state index contributed by atoms with van der Waals surface area (Å²) in [6.45, 7) is 0.928. The van der Waals surface area contributed by atoms with Crippen LogP contribution in [0.4, 0.5) is 4.39 Å². The molecule has 0 fully saturated rings. The Kier molecular flexibility index (Phi) is 5.62. The molecule has 0 saturated carbocycles. The Labute approximate surface area is 123 Å². The van der Waals surface area contributed by atoms with E-state index in [2.05, 4.69) is 11.8 Å². The normalized spacial score (nSPS) is 9.62. The molecular formula is C17H16FNO2. The van der Waals surface area contributed by atoms with Gasteiger partial charge in [0.05, 0.1) is 12.1 Å². The predicted molar refractivity (Wildman–Crippen MR) is 79.8 cm³/mol. The lowest BCUT2D eigenvalue weighted by atomic mass is 10.2. The Hall–Kier alpha value is -2.51.